The van der Waals surface area contributed by atoms with Crippen molar-refractivity contribution in [2.75, 3.05) is 25.1 Å². The lowest BCUT2D eigenvalue weighted by Crippen LogP contribution is -2.37. The number of nitrogens with zero attached hydrogens (tertiary/aromatic N) is 1. The van der Waals surface area contributed by atoms with Gasteiger partial charge in [-0.05, 0) is 31.5 Å². The second-order valence-corrected chi connectivity index (χ2v) is 4.34. The van der Waals surface area contributed by atoms with Crippen LogP contribution in [-0.4, -0.2) is 36.6 Å². The van der Waals surface area contributed by atoms with E-state index in [0.717, 1.165) is 25.1 Å². The fraction of sp³-hybridized carbons (Fsp3) is 0.462. The molecule has 1 aromatic carbocycles. The number of nitrogens with one attached hydrogen (secondary N) is 1. The number of alkyl halides is 1. The van der Waals surface area contributed by atoms with Gasteiger partial charge in [0.2, 0.25) is 5.91 Å². The largest absolute Gasteiger partial charge is 0.325 e. The van der Waals surface area contributed by atoms with Crippen LogP contribution >= 0.6 is 0 Å². The topological polar surface area (TPSA) is 32.3 Å². The van der Waals surface area contributed by atoms with E-state index in [1.54, 1.807) is 0 Å². The van der Waals surface area contributed by atoms with Gasteiger partial charge in [0.05, 0.1) is 6.54 Å². The molecule has 1 aromatic rings. The summed E-state index contributed by atoms with van der Waals surface area (Å²) in [5.41, 5.74) is 0.786. The zero-order chi connectivity index (χ0) is 12.1. The Balaban J connectivity index is 1.85. The maximum Gasteiger partial charge on any atom is 0.238 e. The molecule has 0 aromatic heterocycles. The van der Waals surface area contributed by atoms with Gasteiger partial charge < -0.3 is 5.32 Å². The summed E-state index contributed by atoms with van der Waals surface area (Å²) in [4.78, 5) is 13.7. The van der Waals surface area contributed by atoms with E-state index in [1.807, 2.05) is 35.2 Å². The molecule has 3 nitrogen and oxygen atoms in total. The van der Waals surface area contributed by atoms with Crippen molar-refractivity contribution in [1.29, 1.82) is 0 Å². The predicted molar refractivity (Wildman–Crippen MR) is 65.6 cm³/mol. The molecule has 0 bridgehead atoms. The molecule has 0 spiro atoms. The van der Waals surface area contributed by atoms with Crippen molar-refractivity contribution in [1.82, 2.24) is 4.90 Å². The number of hydrogen-bond acceptors (Lipinski definition) is 2. The fourth-order valence-electron chi connectivity index (χ4n) is 2.18. The Hall–Kier alpha value is -1.42. The summed E-state index contributed by atoms with van der Waals surface area (Å²) in [5.74, 6) is -0.0726. The van der Waals surface area contributed by atoms with E-state index in [4.69, 9.17) is 0 Å². The Morgan fingerprint density at radius 3 is 2.88 bits per heavy atom. The number of halogens is 1. The van der Waals surface area contributed by atoms with Crippen molar-refractivity contribution < 1.29 is 9.18 Å². The Morgan fingerprint density at radius 2 is 2.18 bits per heavy atom. The van der Waals surface area contributed by atoms with Crippen LogP contribution in [0.5, 0.6) is 0 Å². The molecule has 1 fully saturated rings. The molecule has 1 amide bonds. The molecule has 4 heteroatoms. The highest BCUT2D eigenvalue weighted by atomic mass is 19.1. The minimum atomic E-state index is -0.362. The number of carbonyl (C=O) groups excluding carboxylic acids is 1. The third-order valence-corrected chi connectivity index (χ3v) is 3.08. The molecule has 92 valence electrons. The third-order valence-electron chi connectivity index (χ3n) is 3.08. The van der Waals surface area contributed by atoms with Gasteiger partial charge in [-0.2, -0.15) is 0 Å². The standard InChI is InChI=1S/C13H17FN2O/c14-9-12-7-4-8-16(12)10-13(17)15-11-5-2-1-3-6-11/h1-3,5-6,12H,4,7-10H2,(H,15,17). The summed E-state index contributed by atoms with van der Waals surface area (Å²) in [5, 5.41) is 2.81. The van der Waals surface area contributed by atoms with Gasteiger partial charge in [0.25, 0.3) is 0 Å². The lowest BCUT2D eigenvalue weighted by atomic mass is 10.2. The predicted octanol–water partition coefficient (Wildman–Crippen LogP) is 2.06. The van der Waals surface area contributed by atoms with Gasteiger partial charge in [-0.1, -0.05) is 18.2 Å². The van der Waals surface area contributed by atoms with Gasteiger partial charge in [0.15, 0.2) is 0 Å². The molecule has 17 heavy (non-hydrogen) atoms. The number of carbonyl (C=O) groups is 1. The summed E-state index contributed by atoms with van der Waals surface area (Å²) in [7, 11) is 0. The quantitative estimate of drug-likeness (QED) is 0.867. The van der Waals surface area contributed by atoms with Gasteiger partial charge in [-0.25, -0.2) is 4.39 Å². The number of anilines is 1. The molecule has 0 aliphatic carbocycles. The van der Waals surface area contributed by atoms with Crippen LogP contribution in [0.1, 0.15) is 12.8 Å². The second-order valence-electron chi connectivity index (χ2n) is 4.34. The number of hydrogen-bond donors (Lipinski definition) is 1. The van der Waals surface area contributed by atoms with Crippen molar-refractivity contribution in [3.63, 3.8) is 0 Å². The molecule has 1 N–H and O–H groups in total. The first-order chi connectivity index (χ1) is 8.29. The highest BCUT2D eigenvalue weighted by Crippen LogP contribution is 2.17. The van der Waals surface area contributed by atoms with Gasteiger partial charge in [-0.3, -0.25) is 9.69 Å². The molecule has 1 heterocycles. The summed E-state index contributed by atoms with van der Waals surface area (Å²) in [6.07, 6.45) is 1.84. The van der Waals surface area contributed by atoms with Crippen molar-refractivity contribution in [2.45, 2.75) is 18.9 Å². The minimum Gasteiger partial charge on any atom is -0.325 e. The summed E-state index contributed by atoms with van der Waals surface area (Å²) in [6, 6.07) is 9.25. The maximum atomic E-state index is 12.7. The SMILES string of the molecule is O=C(CN1CCCC1CF)Nc1ccccc1. The first-order valence-corrected chi connectivity index (χ1v) is 5.94. The van der Waals surface area contributed by atoms with Gasteiger partial charge in [-0.15, -0.1) is 0 Å². The van der Waals surface area contributed by atoms with E-state index in [1.165, 1.54) is 0 Å². The molecule has 1 saturated heterocycles. The molecule has 1 aliphatic heterocycles. The highest BCUT2D eigenvalue weighted by Gasteiger charge is 2.25. The summed E-state index contributed by atoms with van der Waals surface area (Å²) >= 11 is 0. The molecule has 0 radical (unpaired) electrons. The molecular formula is C13H17FN2O. The van der Waals surface area contributed by atoms with Crippen molar-refractivity contribution in [3.8, 4) is 0 Å². The molecule has 1 aliphatic rings. The van der Waals surface area contributed by atoms with Crippen LogP contribution in [0, 0.1) is 0 Å². The Bertz CT molecular complexity index is 369. The molecule has 0 saturated carbocycles. The fourth-order valence-corrected chi connectivity index (χ4v) is 2.18. The van der Waals surface area contributed by atoms with Crippen molar-refractivity contribution in [3.05, 3.63) is 30.3 Å². The van der Waals surface area contributed by atoms with Crippen LogP contribution in [0.15, 0.2) is 30.3 Å². The molecule has 1 atom stereocenters. The van der Waals surface area contributed by atoms with Crippen LogP contribution < -0.4 is 5.32 Å². The van der Waals surface area contributed by atoms with Crippen LogP contribution in [0.3, 0.4) is 0 Å². The van der Waals surface area contributed by atoms with E-state index < -0.39 is 0 Å². The first-order valence-electron chi connectivity index (χ1n) is 5.94. The Kier molecular flexibility index (Phi) is 4.09. The number of rotatable bonds is 4. The van der Waals surface area contributed by atoms with Crippen LogP contribution in [0.4, 0.5) is 10.1 Å². The van der Waals surface area contributed by atoms with E-state index >= 15 is 0 Å². The normalized spacial score (nSPS) is 20.4. The average molecular weight is 236 g/mol. The van der Waals surface area contributed by atoms with Gasteiger partial charge >= 0.3 is 0 Å². The van der Waals surface area contributed by atoms with Crippen molar-refractivity contribution >= 4 is 11.6 Å². The highest BCUT2D eigenvalue weighted by molar-refractivity contribution is 5.92. The first kappa shape index (κ1) is 12.0. The van der Waals surface area contributed by atoms with E-state index in [0.29, 0.717) is 0 Å². The Morgan fingerprint density at radius 1 is 1.41 bits per heavy atom. The smallest absolute Gasteiger partial charge is 0.238 e. The van der Waals surface area contributed by atoms with Crippen LogP contribution in [0.2, 0.25) is 0 Å². The summed E-state index contributed by atoms with van der Waals surface area (Å²) < 4.78 is 12.7. The molecule has 2 rings (SSSR count). The lowest BCUT2D eigenvalue weighted by molar-refractivity contribution is -0.117. The number of likely N-dealkylation sites (tertiary alicyclic amines) is 1. The van der Waals surface area contributed by atoms with E-state index in [2.05, 4.69) is 5.32 Å². The lowest BCUT2D eigenvalue weighted by Gasteiger charge is -2.21. The van der Waals surface area contributed by atoms with Gasteiger partial charge in [0, 0.05) is 11.7 Å². The number of benzene rings is 1. The minimum absolute atomic E-state index is 0.0726. The maximum absolute atomic E-state index is 12.7. The van der Waals surface area contributed by atoms with E-state index in [9.17, 15) is 9.18 Å². The molecular weight excluding hydrogens is 219 g/mol. The zero-order valence-electron chi connectivity index (χ0n) is 9.73. The average Bonchev–Trinajstić information content (AvgIpc) is 2.77. The van der Waals surface area contributed by atoms with Crippen molar-refractivity contribution in [2.24, 2.45) is 0 Å². The number of para-hydroxylation sites is 1. The molecule has 1 unspecified atom stereocenters. The summed E-state index contributed by atoms with van der Waals surface area (Å²) in [6.45, 7) is 0.735. The monoisotopic (exact) mass is 236 g/mol. The number of amides is 1. The third kappa shape index (κ3) is 3.27. The van der Waals surface area contributed by atoms with Gasteiger partial charge in [0.1, 0.15) is 6.67 Å². The second kappa shape index (κ2) is 5.77. The van der Waals surface area contributed by atoms with E-state index in [-0.39, 0.29) is 25.2 Å². The van der Waals surface area contributed by atoms with Crippen LogP contribution in [-0.2, 0) is 4.79 Å². The Labute approximate surface area is 101 Å². The zero-order valence-corrected chi connectivity index (χ0v) is 9.73. The van der Waals surface area contributed by atoms with Crippen LogP contribution in [0.25, 0.3) is 0 Å².